The molecule has 4 unspecified atom stereocenters. The number of aliphatic hydroxyl groups is 3. The number of rotatable bonds is 12. The molecule has 11 nitrogen and oxygen atoms in total. The summed E-state index contributed by atoms with van der Waals surface area (Å²) >= 11 is 1.51. The fourth-order valence-electron chi connectivity index (χ4n) is 11.8. The number of hydrogen-bond donors (Lipinski definition) is 6. The van der Waals surface area contributed by atoms with Gasteiger partial charge in [-0.05, 0) is 117 Å². The zero-order valence-electron chi connectivity index (χ0n) is 32.2. The topological polar surface area (TPSA) is 168 Å². The minimum Gasteiger partial charge on any atom is -0.393 e. The lowest BCUT2D eigenvalue weighted by Crippen LogP contribution is -2.71. The first-order valence-corrected chi connectivity index (χ1v) is 21.2. The number of carbonyl (C=O) groups excluding carboxylic acids is 4. The molecule has 6 N–H and O–H groups in total. The van der Waals surface area contributed by atoms with Crippen molar-refractivity contribution in [2.75, 3.05) is 5.75 Å². The number of unbranched alkanes of at least 4 members (excludes halogenated alkanes) is 1. The van der Waals surface area contributed by atoms with Crippen LogP contribution in [0.15, 0.2) is 11.3 Å². The first kappa shape index (κ1) is 40.1. The average Bonchev–Trinajstić information content (AvgIpc) is 3.48. The lowest BCUT2D eigenvalue weighted by Gasteiger charge is -2.63. The standard InChI is InChI=1S/C41H62N4O7S/c1-7-9-11-32(49)42-31(10-8-2)43-37(51)36-23(4)21-53-39-35(38(52)45(36)39)44-33(50)15-12-22(3)26-13-14-27-34-28(20-30(48)41(26,27)6)40(5)17-16-25(46)18-24(40)19-29(34)47/h2,22,24-31,34-35,39,46-48H,7,9-21H2,1,3-6H3,(H,42,49)(H,43,51)(H,44,50)/t22-,24+,25-,26-,27+,28+,29-,30?,31?,34+,35?,39?,40+,41-/m1/s1. The molecule has 5 fully saturated rings. The van der Waals surface area contributed by atoms with Crippen LogP contribution in [-0.4, -0.2) is 85.5 Å². The Morgan fingerprint density at radius 2 is 1.79 bits per heavy atom. The Morgan fingerprint density at radius 1 is 1.04 bits per heavy atom. The molecule has 0 aromatic rings. The molecule has 6 rings (SSSR count). The van der Waals surface area contributed by atoms with Gasteiger partial charge in [0.15, 0.2) is 0 Å². The van der Waals surface area contributed by atoms with Gasteiger partial charge in [0.05, 0.1) is 18.3 Å². The third-order valence-electron chi connectivity index (χ3n) is 14.8. The van der Waals surface area contributed by atoms with E-state index in [0.29, 0.717) is 25.0 Å². The van der Waals surface area contributed by atoms with Gasteiger partial charge in [-0.2, -0.15) is 0 Å². The first-order chi connectivity index (χ1) is 25.1. The van der Waals surface area contributed by atoms with Crippen LogP contribution in [0, 0.1) is 58.7 Å². The molecule has 4 amide bonds. The van der Waals surface area contributed by atoms with E-state index in [4.69, 9.17) is 6.42 Å². The van der Waals surface area contributed by atoms with Crippen LogP contribution < -0.4 is 16.0 Å². The Kier molecular flexibility index (Phi) is 12.0. The second-order valence-electron chi connectivity index (χ2n) is 17.7. The minimum absolute atomic E-state index is 0.0212. The molecule has 0 spiro atoms. The van der Waals surface area contributed by atoms with Crippen molar-refractivity contribution in [2.45, 2.75) is 154 Å². The predicted octanol–water partition coefficient (Wildman–Crippen LogP) is 3.81. The lowest BCUT2D eigenvalue weighted by atomic mass is 9.43. The number of thioether (sulfide) groups is 1. The second kappa shape index (κ2) is 15.9. The van der Waals surface area contributed by atoms with Crippen molar-refractivity contribution in [3.63, 3.8) is 0 Å². The molecule has 2 aliphatic heterocycles. The van der Waals surface area contributed by atoms with Gasteiger partial charge in [-0.3, -0.25) is 24.1 Å². The Morgan fingerprint density at radius 3 is 2.51 bits per heavy atom. The van der Waals surface area contributed by atoms with Gasteiger partial charge in [-0.15, -0.1) is 24.1 Å². The molecule has 0 aromatic heterocycles. The quantitative estimate of drug-likeness (QED) is 0.0994. The van der Waals surface area contributed by atoms with E-state index in [0.717, 1.165) is 56.9 Å². The zero-order chi connectivity index (χ0) is 38.4. The molecule has 12 heteroatoms. The Bertz CT molecular complexity index is 1510. The summed E-state index contributed by atoms with van der Waals surface area (Å²) in [5, 5.41) is 42.1. The number of terminal acetylenes is 1. The Hall–Kier alpha value is -2.59. The number of nitrogens with zero attached hydrogens (tertiary/aromatic N) is 1. The van der Waals surface area contributed by atoms with Gasteiger partial charge in [-0.25, -0.2) is 0 Å². The van der Waals surface area contributed by atoms with E-state index in [1.165, 1.54) is 16.7 Å². The van der Waals surface area contributed by atoms with E-state index in [1.807, 2.05) is 6.92 Å². The number of β-lactam (4-membered cyclic amide) rings is 1. The van der Waals surface area contributed by atoms with Crippen molar-refractivity contribution in [2.24, 2.45) is 46.3 Å². The van der Waals surface area contributed by atoms with Gasteiger partial charge in [0.1, 0.15) is 23.3 Å². The van der Waals surface area contributed by atoms with E-state index in [-0.39, 0.29) is 88.7 Å². The van der Waals surface area contributed by atoms with Crippen LogP contribution in [0.2, 0.25) is 0 Å². The van der Waals surface area contributed by atoms with Crippen molar-refractivity contribution in [1.82, 2.24) is 20.9 Å². The van der Waals surface area contributed by atoms with Crippen molar-refractivity contribution in [1.29, 1.82) is 0 Å². The highest BCUT2D eigenvalue weighted by Crippen LogP contribution is 2.68. The highest BCUT2D eigenvalue weighted by Gasteiger charge is 2.65. The molecule has 4 aliphatic carbocycles. The summed E-state index contributed by atoms with van der Waals surface area (Å²) in [7, 11) is 0. The summed E-state index contributed by atoms with van der Waals surface area (Å²) in [5.74, 6) is 3.01. The predicted molar refractivity (Wildman–Crippen MR) is 203 cm³/mol. The monoisotopic (exact) mass is 754 g/mol. The fraction of sp³-hybridized carbons (Fsp3) is 0.805. The molecule has 6 aliphatic rings. The van der Waals surface area contributed by atoms with Gasteiger partial charge in [0, 0.05) is 25.0 Å². The highest BCUT2D eigenvalue weighted by atomic mass is 32.2. The van der Waals surface area contributed by atoms with Crippen LogP contribution in [0.1, 0.15) is 118 Å². The maximum absolute atomic E-state index is 13.5. The number of amides is 4. The zero-order valence-corrected chi connectivity index (χ0v) is 33.1. The SMILES string of the molecule is C#CCC(NC(=O)CCCC)NC(=O)C1=C(C)CSC2C(NC(=O)CC[C@@H](C)[C@H]3CC[C@H]4[C@@H]5[C@H](O)C[C@@H]6C[C@H](O)CC[C@]6(C)[C@H]5CC(O)[C@]34C)C(=O)N12. The van der Waals surface area contributed by atoms with Crippen LogP contribution in [-0.2, 0) is 19.2 Å². The third kappa shape index (κ3) is 7.29. The number of hydrogen-bond acceptors (Lipinski definition) is 8. The molecule has 1 saturated heterocycles. The summed E-state index contributed by atoms with van der Waals surface area (Å²) < 4.78 is 0. The van der Waals surface area contributed by atoms with Crippen molar-refractivity contribution in [3.05, 3.63) is 11.3 Å². The third-order valence-corrected chi connectivity index (χ3v) is 16.2. The molecule has 2 heterocycles. The summed E-state index contributed by atoms with van der Waals surface area (Å²) in [6.45, 7) is 10.5. The molecule has 294 valence electrons. The second-order valence-corrected chi connectivity index (χ2v) is 18.8. The summed E-state index contributed by atoms with van der Waals surface area (Å²) in [6.07, 6.45) is 12.2. The summed E-state index contributed by atoms with van der Waals surface area (Å²) in [5.41, 5.74) is 0.651. The molecular formula is C41H62N4O7S. The maximum atomic E-state index is 13.5. The van der Waals surface area contributed by atoms with E-state index < -0.39 is 35.7 Å². The number of nitrogens with one attached hydrogen (secondary N) is 3. The van der Waals surface area contributed by atoms with E-state index in [1.54, 1.807) is 6.92 Å². The number of carbonyl (C=O) groups is 4. The molecular weight excluding hydrogens is 693 g/mol. The largest absolute Gasteiger partial charge is 0.393 e. The normalized spacial score (nSPS) is 40.0. The molecule has 4 saturated carbocycles. The van der Waals surface area contributed by atoms with Gasteiger partial charge in [0.25, 0.3) is 11.8 Å². The molecule has 53 heavy (non-hydrogen) atoms. The molecule has 14 atom stereocenters. The van der Waals surface area contributed by atoms with Crippen LogP contribution in [0.5, 0.6) is 0 Å². The van der Waals surface area contributed by atoms with Crippen molar-refractivity contribution < 1.29 is 34.5 Å². The smallest absolute Gasteiger partial charge is 0.269 e. The van der Waals surface area contributed by atoms with Crippen molar-refractivity contribution >= 4 is 35.4 Å². The minimum atomic E-state index is -0.761. The van der Waals surface area contributed by atoms with Crippen LogP contribution in [0.3, 0.4) is 0 Å². The summed E-state index contributed by atoms with van der Waals surface area (Å²) in [4.78, 5) is 54.1. The van der Waals surface area contributed by atoms with Gasteiger partial charge >= 0.3 is 0 Å². The first-order valence-electron chi connectivity index (χ1n) is 20.2. The Balaban J connectivity index is 1.04. The molecule has 0 radical (unpaired) electrons. The fourth-order valence-corrected chi connectivity index (χ4v) is 13.1. The lowest BCUT2D eigenvalue weighted by molar-refractivity contribution is -0.207. The van der Waals surface area contributed by atoms with E-state index in [9.17, 15) is 34.5 Å². The molecule has 0 bridgehead atoms. The van der Waals surface area contributed by atoms with Gasteiger partial charge < -0.3 is 31.3 Å². The average molecular weight is 755 g/mol. The summed E-state index contributed by atoms with van der Waals surface area (Å²) in [6, 6.07) is -0.738. The van der Waals surface area contributed by atoms with Crippen molar-refractivity contribution in [3.8, 4) is 12.3 Å². The molecule has 0 aromatic carbocycles. The van der Waals surface area contributed by atoms with E-state index >= 15 is 0 Å². The van der Waals surface area contributed by atoms with Crippen LogP contribution in [0.4, 0.5) is 0 Å². The maximum Gasteiger partial charge on any atom is 0.269 e. The van der Waals surface area contributed by atoms with E-state index in [2.05, 4.69) is 42.6 Å². The van der Waals surface area contributed by atoms with Crippen LogP contribution >= 0.6 is 11.8 Å². The van der Waals surface area contributed by atoms with Crippen LogP contribution in [0.25, 0.3) is 0 Å². The highest BCUT2D eigenvalue weighted by molar-refractivity contribution is 8.00. The van der Waals surface area contributed by atoms with Gasteiger partial charge in [-0.1, -0.05) is 34.1 Å². The Labute approximate surface area is 319 Å². The number of aliphatic hydroxyl groups excluding tert-OH is 3. The number of fused-ring (bicyclic) bond motifs is 6. The van der Waals surface area contributed by atoms with Gasteiger partial charge in [0.2, 0.25) is 11.8 Å².